The molecule has 0 atom stereocenters. The molecule has 0 radical (unpaired) electrons. The van der Waals surface area contributed by atoms with Crippen LogP contribution in [0.2, 0.25) is 0 Å². The Labute approximate surface area is 202 Å². The van der Waals surface area contributed by atoms with Crippen molar-refractivity contribution in [2.45, 2.75) is 53.6 Å². The summed E-state index contributed by atoms with van der Waals surface area (Å²) in [4.78, 5) is 14.4. The maximum atomic E-state index is 12.8. The summed E-state index contributed by atoms with van der Waals surface area (Å²) in [5.74, 6) is 1.84. The monoisotopic (exact) mass is 466 g/mol. The lowest BCUT2D eigenvalue weighted by Crippen LogP contribution is -2.33. The van der Waals surface area contributed by atoms with E-state index in [9.17, 15) is 4.79 Å². The molecule has 5 nitrogen and oxygen atoms in total. The number of hydrogen-bond acceptors (Lipinski definition) is 4. The number of nitrogens with zero attached hydrogens (tertiary/aromatic N) is 1. The highest BCUT2D eigenvalue weighted by atomic mass is 32.1. The van der Waals surface area contributed by atoms with Crippen molar-refractivity contribution < 1.29 is 14.3 Å². The lowest BCUT2D eigenvalue weighted by atomic mass is 9.86. The van der Waals surface area contributed by atoms with E-state index in [0.717, 1.165) is 33.8 Å². The van der Waals surface area contributed by atoms with Gasteiger partial charge in [-0.15, -0.1) is 0 Å². The largest absolute Gasteiger partial charge is 0.496 e. The van der Waals surface area contributed by atoms with Gasteiger partial charge in [-0.1, -0.05) is 52.8 Å². The highest BCUT2D eigenvalue weighted by Gasteiger charge is 2.30. The Morgan fingerprint density at radius 3 is 2.48 bits per heavy atom. The van der Waals surface area contributed by atoms with Gasteiger partial charge in [0.05, 0.1) is 7.11 Å². The third-order valence-corrected chi connectivity index (χ3v) is 5.78. The molecule has 0 saturated carbocycles. The van der Waals surface area contributed by atoms with Crippen LogP contribution in [0.5, 0.6) is 11.5 Å². The van der Waals surface area contributed by atoms with Gasteiger partial charge in [0.1, 0.15) is 23.8 Å². The Kier molecular flexibility index (Phi) is 7.48. The topological polar surface area (TPSA) is 50.8 Å². The lowest BCUT2D eigenvalue weighted by molar-refractivity contribution is -0.122. The summed E-state index contributed by atoms with van der Waals surface area (Å²) in [5.41, 5.74) is 4.53. The molecule has 1 heterocycles. The number of amides is 1. The van der Waals surface area contributed by atoms with E-state index in [2.05, 4.69) is 65.1 Å². The first-order chi connectivity index (χ1) is 15.5. The normalized spacial score (nSPS) is 15.4. The number of methoxy groups -OCH3 is 1. The SMILES string of the molecule is COc1ccc(/C=C2/NC(=S)N(CC(C)C)C2=O)cc1COc1cc(C)ccc1C(C)(C)C. The molecule has 2 aromatic rings. The molecular formula is C27H34N2O3S. The van der Waals surface area contributed by atoms with E-state index in [1.807, 2.05) is 24.3 Å². The van der Waals surface area contributed by atoms with Crippen LogP contribution in [-0.2, 0) is 16.8 Å². The van der Waals surface area contributed by atoms with E-state index in [-0.39, 0.29) is 11.3 Å². The van der Waals surface area contributed by atoms with Gasteiger partial charge in [-0.3, -0.25) is 9.69 Å². The zero-order valence-corrected chi connectivity index (χ0v) is 21.4. The summed E-state index contributed by atoms with van der Waals surface area (Å²) < 4.78 is 11.9. The smallest absolute Gasteiger partial charge is 0.276 e. The number of ether oxygens (including phenoxy) is 2. The molecule has 1 fully saturated rings. The van der Waals surface area contributed by atoms with E-state index in [0.29, 0.717) is 29.9 Å². The molecule has 1 N–H and O–H groups in total. The molecular weight excluding hydrogens is 432 g/mol. The summed E-state index contributed by atoms with van der Waals surface area (Å²) in [7, 11) is 1.65. The van der Waals surface area contributed by atoms with Crippen molar-refractivity contribution in [3.63, 3.8) is 0 Å². The number of aryl methyl sites for hydroxylation is 1. The molecule has 3 rings (SSSR count). The standard InChI is InChI=1S/C27H34N2O3S/c1-17(2)15-29-25(30)22(28-26(29)33)14-19-9-11-23(31-7)20(13-19)16-32-24-12-18(3)8-10-21(24)27(4,5)6/h8-14,17H,15-16H2,1-7H3,(H,28,33)/b22-14+. The van der Waals surface area contributed by atoms with Crippen LogP contribution in [0.3, 0.4) is 0 Å². The average molecular weight is 467 g/mol. The van der Waals surface area contributed by atoms with Crippen molar-refractivity contribution >= 4 is 29.3 Å². The van der Waals surface area contributed by atoms with Crippen molar-refractivity contribution in [1.29, 1.82) is 0 Å². The number of thiocarbonyl (C=S) groups is 1. The molecule has 6 heteroatoms. The Bertz CT molecular complexity index is 1080. The molecule has 0 aromatic heterocycles. The second kappa shape index (κ2) is 9.96. The van der Waals surface area contributed by atoms with E-state index in [1.54, 1.807) is 12.0 Å². The molecule has 176 valence electrons. The first-order valence-corrected chi connectivity index (χ1v) is 11.7. The molecule has 0 aliphatic carbocycles. The van der Waals surface area contributed by atoms with Crippen molar-refractivity contribution in [2.75, 3.05) is 13.7 Å². The molecule has 1 saturated heterocycles. The second-order valence-electron chi connectivity index (χ2n) is 9.91. The zero-order chi connectivity index (χ0) is 24.3. The van der Waals surface area contributed by atoms with Crippen molar-refractivity contribution in [2.24, 2.45) is 5.92 Å². The fraction of sp³-hybridized carbons (Fsp3) is 0.407. The van der Waals surface area contributed by atoms with Crippen LogP contribution in [0.4, 0.5) is 0 Å². The number of hydrogen-bond donors (Lipinski definition) is 1. The van der Waals surface area contributed by atoms with Gasteiger partial charge in [0.25, 0.3) is 5.91 Å². The maximum Gasteiger partial charge on any atom is 0.276 e. The van der Waals surface area contributed by atoms with E-state index >= 15 is 0 Å². The van der Waals surface area contributed by atoms with Gasteiger partial charge in [0.2, 0.25) is 0 Å². The van der Waals surface area contributed by atoms with Crippen molar-refractivity contribution in [1.82, 2.24) is 10.2 Å². The van der Waals surface area contributed by atoms with E-state index < -0.39 is 0 Å². The average Bonchev–Trinajstić information content (AvgIpc) is 2.98. The fourth-order valence-electron chi connectivity index (χ4n) is 3.79. The van der Waals surface area contributed by atoms with Gasteiger partial charge in [-0.2, -0.15) is 0 Å². The third-order valence-electron chi connectivity index (χ3n) is 5.45. The Hall–Kier alpha value is -2.86. The van der Waals surface area contributed by atoms with Crippen molar-refractivity contribution in [3.8, 4) is 11.5 Å². The lowest BCUT2D eigenvalue weighted by Gasteiger charge is -2.23. The van der Waals surface area contributed by atoms with Gasteiger partial charge in [-0.05, 0) is 71.4 Å². The highest BCUT2D eigenvalue weighted by Crippen LogP contribution is 2.33. The summed E-state index contributed by atoms with van der Waals surface area (Å²) in [5, 5.41) is 3.50. The van der Waals surface area contributed by atoms with Crippen LogP contribution in [0, 0.1) is 12.8 Å². The molecule has 0 spiro atoms. The maximum absolute atomic E-state index is 12.8. The number of rotatable bonds is 7. The van der Waals surface area contributed by atoms with E-state index in [1.165, 1.54) is 0 Å². The second-order valence-corrected chi connectivity index (χ2v) is 10.3. The van der Waals surface area contributed by atoms with Crippen LogP contribution >= 0.6 is 12.2 Å². The zero-order valence-electron chi connectivity index (χ0n) is 20.6. The Morgan fingerprint density at radius 2 is 1.85 bits per heavy atom. The van der Waals surface area contributed by atoms with E-state index in [4.69, 9.17) is 21.7 Å². The fourth-order valence-corrected chi connectivity index (χ4v) is 4.06. The highest BCUT2D eigenvalue weighted by molar-refractivity contribution is 7.80. The quantitative estimate of drug-likeness (QED) is 0.426. The van der Waals surface area contributed by atoms with Crippen LogP contribution in [0.25, 0.3) is 6.08 Å². The number of carbonyl (C=O) groups is 1. The Morgan fingerprint density at radius 1 is 1.12 bits per heavy atom. The number of benzene rings is 2. The first-order valence-electron chi connectivity index (χ1n) is 11.2. The Balaban J connectivity index is 1.86. The third kappa shape index (κ3) is 5.93. The molecule has 1 aliphatic heterocycles. The molecule has 1 aliphatic rings. The molecule has 0 bridgehead atoms. The molecule has 0 unspecified atom stereocenters. The number of nitrogens with one attached hydrogen (secondary N) is 1. The van der Waals surface area contributed by atoms with Gasteiger partial charge in [-0.25, -0.2) is 0 Å². The van der Waals surface area contributed by atoms with Crippen LogP contribution in [-0.4, -0.2) is 29.6 Å². The summed E-state index contributed by atoms with van der Waals surface area (Å²) in [6, 6.07) is 12.1. The van der Waals surface area contributed by atoms with Gasteiger partial charge in [0, 0.05) is 12.1 Å². The predicted octanol–water partition coefficient (Wildman–Crippen LogP) is 5.59. The van der Waals surface area contributed by atoms with Crippen LogP contribution in [0.1, 0.15) is 56.9 Å². The van der Waals surface area contributed by atoms with Crippen molar-refractivity contribution in [3.05, 3.63) is 64.3 Å². The van der Waals surface area contributed by atoms with Gasteiger partial charge < -0.3 is 14.8 Å². The van der Waals surface area contributed by atoms with Gasteiger partial charge in [0.15, 0.2) is 5.11 Å². The van der Waals surface area contributed by atoms with Crippen LogP contribution < -0.4 is 14.8 Å². The minimum atomic E-state index is -0.100. The summed E-state index contributed by atoms with van der Waals surface area (Å²) >= 11 is 5.36. The van der Waals surface area contributed by atoms with Gasteiger partial charge >= 0.3 is 0 Å². The van der Waals surface area contributed by atoms with Crippen LogP contribution in [0.15, 0.2) is 42.1 Å². The minimum absolute atomic E-state index is 0.0336. The minimum Gasteiger partial charge on any atom is -0.496 e. The summed E-state index contributed by atoms with van der Waals surface area (Å²) in [6.45, 7) is 13.7. The molecule has 2 aromatic carbocycles. The predicted molar refractivity (Wildman–Crippen MR) is 137 cm³/mol. The number of carbonyl (C=O) groups excluding carboxylic acids is 1. The summed E-state index contributed by atoms with van der Waals surface area (Å²) in [6.07, 6.45) is 1.82. The molecule has 33 heavy (non-hydrogen) atoms. The first kappa shape index (κ1) is 24.8. The molecule has 1 amide bonds.